The minimum Gasteiger partial charge on any atom is -0.358 e. The fraction of sp³-hybridized carbons (Fsp3) is 0.833. The van der Waals surface area contributed by atoms with Crippen molar-refractivity contribution in [2.24, 2.45) is 5.16 Å². The molecule has 1 fully saturated rings. The Bertz CT molecular complexity index is 134. The molecule has 1 heterocycles. The van der Waals surface area contributed by atoms with Crippen molar-refractivity contribution in [1.29, 1.82) is 0 Å². The maximum Gasteiger partial charge on any atom is 0.257 e. The number of hydrogen-bond donors (Lipinski definition) is 0. The lowest BCUT2D eigenvalue weighted by atomic mass is 10.5. The largest absolute Gasteiger partial charge is 0.358 e. The van der Waals surface area contributed by atoms with E-state index in [0.29, 0.717) is 6.61 Å². The van der Waals surface area contributed by atoms with Crippen LogP contribution in [0.2, 0.25) is 0 Å². The van der Waals surface area contributed by atoms with Crippen LogP contribution in [0.5, 0.6) is 0 Å². The molecular formula is C6H11NO2. The average molecular weight is 129 g/mol. The second kappa shape index (κ2) is 1.99. The van der Waals surface area contributed by atoms with Crippen molar-refractivity contribution in [2.45, 2.75) is 26.6 Å². The van der Waals surface area contributed by atoms with E-state index < -0.39 is 5.79 Å². The number of nitrogens with zero attached hydrogens (tertiary/aromatic N) is 1. The molecule has 1 atom stereocenters. The third-order valence-corrected chi connectivity index (χ3v) is 0.972. The zero-order valence-electron chi connectivity index (χ0n) is 5.97. The summed E-state index contributed by atoms with van der Waals surface area (Å²) in [5.41, 5.74) is 0.909. The van der Waals surface area contributed by atoms with E-state index in [0.717, 1.165) is 5.71 Å². The van der Waals surface area contributed by atoms with Crippen LogP contribution in [0.15, 0.2) is 5.16 Å². The molecule has 1 rings (SSSR count). The summed E-state index contributed by atoms with van der Waals surface area (Å²) in [5, 5.41) is 3.75. The van der Waals surface area contributed by atoms with Gasteiger partial charge < -0.3 is 9.57 Å². The third-order valence-electron chi connectivity index (χ3n) is 0.972. The van der Waals surface area contributed by atoms with E-state index in [1.165, 1.54) is 0 Å². The topological polar surface area (TPSA) is 34.1 Å². The van der Waals surface area contributed by atoms with Crippen molar-refractivity contribution < 1.29 is 9.57 Å². The third kappa shape index (κ3) is 2.01. The summed E-state index contributed by atoms with van der Waals surface area (Å²) in [6.07, 6.45) is 0. The predicted molar refractivity (Wildman–Crippen MR) is 34.2 cm³/mol. The number of rotatable bonds is 2. The molecule has 0 amide bonds. The van der Waals surface area contributed by atoms with E-state index >= 15 is 0 Å². The van der Waals surface area contributed by atoms with Gasteiger partial charge in [0.1, 0.15) is 6.61 Å². The molecule has 1 aliphatic heterocycles. The molecule has 0 aromatic heterocycles. The van der Waals surface area contributed by atoms with Gasteiger partial charge in [-0.1, -0.05) is 5.16 Å². The first kappa shape index (κ1) is 6.55. The van der Waals surface area contributed by atoms with Crippen LogP contribution < -0.4 is 0 Å². The van der Waals surface area contributed by atoms with Crippen LogP contribution in [-0.2, 0) is 9.57 Å². The summed E-state index contributed by atoms with van der Waals surface area (Å²) in [6.45, 7) is 6.28. The highest BCUT2D eigenvalue weighted by atomic mass is 16.8. The Kier molecular flexibility index (Phi) is 1.45. The smallest absolute Gasteiger partial charge is 0.257 e. The van der Waals surface area contributed by atoms with Crippen LogP contribution in [0.4, 0.5) is 0 Å². The van der Waals surface area contributed by atoms with Crippen LogP contribution >= 0.6 is 0 Å². The molecule has 0 spiro atoms. The Morgan fingerprint density at radius 2 is 2.22 bits per heavy atom. The fourth-order valence-corrected chi connectivity index (χ4v) is 0.342. The van der Waals surface area contributed by atoms with Gasteiger partial charge in [0.15, 0.2) is 0 Å². The molecular weight excluding hydrogens is 118 g/mol. The first-order valence-electron chi connectivity index (χ1n) is 2.96. The van der Waals surface area contributed by atoms with Crippen LogP contribution in [0.3, 0.4) is 0 Å². The van der Waals surface area contributed by atoms with Gasteiger partial charge >= 0.3 is 0 Å². The van der Waals surface area contributed by atoms with E-state index in [1.807, 2.05) is 20.8 Å². The molecule has 0 aromatic rings. The van der Waals surface area contributed by atoms with E-state index in [4.69, 9.17) is 9.57 Å². The van der Waals surface area contributed by atoms with Crippen molar-refractivity contribution in [2.75, 3.05) is 6.61 Å². The lowest BCUT2D eigenvalue weighted by Gasteiger charge is -2.00. The molecule has 0 aliphatic carbocycles. The number of epoxide rings is 1. The molecule has 3 heteroatoms. The maximum atomic E-state index is 4.97. The molecule has 0 aromatic carbocycles. The van der Waals surface area contributed by atoms with Crippen molar-refractivity contribution in [3.8, 4) is 0 Å². The first-order valence-corrected chi connectivity index (χ1v) is 2.96. The van der Waals surface area contributed by atoms with E-state index in [-0.39, 0.29) is 0 Å². The SMILES string of the molecule is CC(C)=NOC1(C)CO1. The number of hydrogen-bond acceptors (Lipinski definition) is 3. The summed E-state index contributed by atoms with van der Waals surface area (Å²) in [5.74, 6) is -0.405. The highest BCUT2D eigenvalue weighted by molar-refractivity contribution is 5.78. The van der Waals surface area contributed by atoms with Gasteiger partial charge in [-0.3, -0.25) is 0 Å². The second-order valence-corrected chi connectivity index (χ2v) is 2.55. The highest BCUT2D eigenvalue weighted by Gasteiger charge is 2.42. The van der Waals surface area contributed by atoms with Crippen LogP contribution in [0.25, 0.3) is 0 Å². The Morgan fingerprint density at radius 3 is 2.56 bits per heavy atom. The van der Waals surface area contributed by atoms with Crippen molar-refractivity contribution >= 4 is 5.71 Å². The fourth-order valence-electron chi connectivity index (χ4n) is 0.342. The van der Waals surface area contributed by atoms with E-state index in [2.05, 4.69) is 5.16 Å². The Labute approximate surface area is 54.6 Å². The Hall–Kier alpha value is -0.570. The summed E-state index contributed by atoms with van der Waals surface area (Å²) in [4.78, 5) is 4.97. The number of ether oxygens (including phenoxy) is 1. The molecule has 1 saturated heterocycles. The van der Waals surface area contributed by atoms with Gasteiger partial charge in [0.25, 0.3) is 5.79 Å². The first-order chi connectivity index (χ1) is 4.12. The predicted octanol–water partition coefficient (Wildman–Crippen LogP) is 1.15. The van der Waals surface area contributed by atoms with Gasteiger partial charge in [-0.15, -0.1) is 0 Å². The minimum absolute atomic E-state index is 0.405. The van der Waals surface area contributed by atoms with Gasteiger partial charge in [-0.25, -0.2) is 0 Å². The molecule has 1 unspecified atom stereocenters. The summed E-state index contributed by atoms with van der Waals surface area (Å²) < 4.78 is 4.92. The quantitative estimate of drug-likeness (QED) is 0.318. The van der Waals surface area contributed by atoms with Crippen LogP contribution in [-0.4, -0.2) is 18.1 Å². The lowest BCUT2D eigenvalue weighted by molar-refractivity contribution is -0.0268. The van der Waals surface area contributed by atoms with Crippen LogP contribution in [0, 0.1) is 0 Å². The summed E-state index contributed by atoms with van der Waals surface area (Å²) >= 11 is 0. The van der Waals surface area contributed by atoms with Gasteiger partial charge in [0.2, 0.25) is 0 Å². The lowest BCUT2D eigenvalue weighted by Crippen LogP contribution is -2.06. The highest BCUT2D eigenvalue weighted by Crippen LogP contribution is 2.27. The van der Waals surface area contributed by atoms with E-state index in [1.54, 1.807) is 0 Å². The summed E-state index contributed by atoms with van der Waals surface area (Å²) in [7, 11) is 0. The second-order valence-electron chi connectivity index (χ2n) is 2.55. The zero-order chi connectivity index (χ0) is 6.91. The average Bonchev–Trinajstić information content (AvgIpc) is 2.45. The van der Waals surface area contributed by atoms with Crippen LogP contribution in [0.1, 0.15) is 20.8 Å². The monoisotopic (exact) mass is 129 g/mol. The maximum absolute atomic E-state index is 4.97. The molecule has 0 N–H and O–H groups in total. The van der Waals surface area contributed by atoms with Crippen molar-refractivity contribution in [1.82, 2.24) is 0 Å². The minimum atomic E-state index is -0.405. The van der Waals surface area contributed by atoms with Gasteiger partial charge in [0.05, 0.1) is 5.71 Å². The van der Waals surface area contributed by atoms with Gasteiger partial charge in [-0.05, 0) is 13.8 Å². The van der Waals surface area contributed by atoms with Crippen molar-refractivity contribution in [3.05, 3.63) is 0 Å². The molecule has 52 valence electrons. The molecule has 9 heavy (non-hydrogen) atoms. The summed E-state index contributed by atoms with van der Waals surface area (Å²) in [6, 6.07) is 0. The standard InChI is InChI=1S/C6H11NO2/c1-5(2)7-9-6(3)4-8-6/h4H2,1-3H3. The van der Waals surface area contributed by atoms with Crippen molar-refractivity contribution in [3.63, 3.8) is 0 Å². The Balaban J connectivity index is 2.27. The normalized spacial score (nSPS) is 31.4. The number of oxime groups is 1. The molecule has 1 aliphatic rings. The molecule has 0 saturated carbocycles. The Morgan fingerprint density at radius 1 is 1.67 bits per heavy atom. The van der Waals surface area contributed by atoms with Gasteiger partial charge in [-0.2, -0.15) is 0 Å². The van der Waals surface area contributed by atoms with E-state index in [9.17, 15) is 0 Å². The molecule has 3 nitrogen and oxygen atoms in total. The van der Waals surface area contributed by atoms with Gasteiger partial charge in [0, 0.05) is 6.92 Å². The molecule has 0 bridgehead atoms. The zero-order valence-corrected chi connectivity index (χ0v) is 5.97. The molecule has 0 radical (unpaired) electrons.